The van der Waals surface area contributed by atoms with Gasteiger partial charge in [-0.2, -0.15) is 13.2 Å². The Morgan fingerprint density at radius 1 is 1.48 bits per heavy atom. The van der Waals surface area contributed by atoms with Crippen molar-refractivity contribution in [1.29, 1.82) is 0 Å². The van der Waals surface area contributed by atoms with Crippen molar-refractivity contribution in [3.8, 4) is 0 Å². The summed E-state index contributed by atoms with van der Waals surface area (Å²) < 4.78 is 57.8. The van der Waals surface area contributed by atoms with Crippen LogP contribution in [0.15, 0.2) is 17.7 Å². The molecule has 0 saturated carbocycles. The molecule has 0 saturated heterocycles. The van der Waals surface area contributed by atoms with E-state index in [4.69, 9.17) is 0 Å². The first-order chi connectivity index (χ1) is 9.57. The quantitative estimate of drug-likeness (QED) is 0.857. The van der Waals surface area contributed by atoms with Gasteiger partial charge in [-0.25, -0.2) is 13.4 Å². The summed E-state index contributed by atoms with van der Waals surface area (Å²) in [6, 6.07) is 0. The second kappa shape index (κ2) is 7.03. The first-order valence-corrected chi connectivity index (χ1v) is 8.50. The molecule has 10 heteroatoms. The summed E-state index contributed by atoms with van der Waals surface area (Å²) in [5, 5.41) is 3.59. The predicted octanol–water partition coefficient (Wildman–Crippen LogP) is 1.93. The lowest BCUT2D eigenvalue weighted by molar-refractivity contribution is -0.134. The van der Waals surface area contributed by atoms with Crippen molar-refractivity contribution < 1.29 is 26.4 Å². The third-order valence-electron chi connectivity index (χ3n) is 2.12. The normalized spacial score (nSPS) is 12.8. The summed E-state index contributed by atoms with van der Waals surface area (Å²) in [5.74, 6) is -0.510. The number of carbonyl (C=O) groups excluding carboxylic acids is 1. The molecule has 0 aliphatic rings. The van der Waals surface area contributed by atoms with Crippen LogP contribution in [0.2, 0.25) is 0 Å². The molecule has 0 atom stereocenters. The number of carbonyl (C=O) groups is 1. The monoisotopic (exact) mass is 342 g/mol. The molecule has 1 N–H and O–H groups in total. The Labute approximate surface area is 123 Å². The molecule has 5 nitrogen and oxygen atoms in total. The van der Waals surface area contributed by atoms with Gasteiger partial charge in [0.05, 0.1) is 11.2 Å². The summed E-state index contributed by atoms with van der Waals surface area (Å²) in [7, 11) is -3.25. The zero-order chi connectivity index (χ0) is 16.1. The van der Waals surface area contributed by atoms with Gasteiger partial charge < -0.3 is 5.32 Å². The standard InChI is InChI=1S/C11H13F3N2O3S2/c1-21(18,19)6-2-5-15-10(17)8-7-16-9(20-8)3-4-11(12,13)14/h2,6-7H,3-5H2,1H3,(H,15,17)/b6-2+. The SMILES string of the molecule is CS(=O)(=O)/C=C/CNC(=O)c1cnc(CCC(F)(F)F)s1. The predicted molar refractivity (Wildman–Crippen MR) is 72.8 cm³/mol. The molecule has 1 heterocycles. The zero-order valence-electron chi connectivity index (χ0n) is 11.0. The number of sulfone groups is 1. The molecule has 1 rings (SSSR count). The van der Waals surface area contributed by atoms with Crippen LogP contribution in [0.3, 0.4) is 0 Å². The van der Waals surface area contributed by atoms with E-state index in [-0.39, 0.29) is 22.9 Å². The number of hydrogen-bond acceptors (Lipinski definition) is 5. The fraction of sp³-hybridized carbons (Fsp3) is 0.455. The van der Waals surface area contributed by atoms with E-state index in [0.717, 1.165) is 23.0 Å². The highest BCUT2D eigenvalue weighted by molar-refractivity contribution is 7.93. The van der Waals surface area contributed by atoms with Gasteiger partial charge in [-0.15, -0.1) is 11.3 Å². The van der Waals surface area contributed by atoms with E-state index in [1.165, 1.54) is 12.3 Å². The van der Waals surface area contributed by atoms with Crippen molar-refractivity contribution >= 4 is 27.1 Å². The number of amides is 1. The second-order valence-corrected chi connectivity index (χ2v) is 7.19. The molecule has 21 heavy (non-hydrogen) atoms. The van der Waals surface area contributed by atoms with Crippen LogP contribution < -0.4 is 5.32 Å². The maximum atomic E-state index is 12.0. The number of nitrogens with zero attached hydrogens (tertiary/aromatic N) is 1. The van der Waals surface area contributed by atoms with Gasteiger partial charge in [-0.1, -0.05) is 6.08 Å². The van der Waals surface area contributed by atoms with E-state index < -0.39 is 28.3 Å². The molecule has 0 aliphatic heterocycles. The molecule has 0 bridgehead atoms. The topological polar surface area (TPSA) is 76.1 Å². The van der Waals surface area contributed by atoms with Crippen molar-refractivity contribution in [3.63, 3.8) is 0 Å². The van der Waals surface area contributed by atoms with Gasteiger partial charge in [-0.05, 0) is 0 Å². The van der Waals surface area contributed by atoms with E-state index in [1.54, 1.807) is 0 Å². The third-order valence-corrected chi connectivity index (χ3v) is 3.87. The van der Waals surface area contributed by atoms with Gasteiger partial charge in [0, 0.05) is 31.1 Å². The number of alkyl halides is 3. The van der Waals surface area contributed by atoms with Crippen molar-refractivity contribution in [2.75, 3.05) is 12.8 Å². The largest absolute Gasteiger partial charge is 0.389 e. The minimum Gasteiger partial charge on any atom is -0.348 e. The van der Waals surface area contributed by atoms with Gasteiger partial charge in [0.25, 0.3) is 5.91 Å². The smallest absolute Gasteiger partial charge is 0.348 e. The molecule has 1 amide bonds. The average molecular weight is 342 g/mol. The molecule has 0 radical (unpaired) electrons. The summed E-state index contributed by atoms with van der Waals surface area (Å²) in [6.07, 6.45) is -2.04. The number of nitrogens with one attached hydrogen (secondary N) is 1. The fourth-order valence-corrected chi connectivity index (χ4v) is 2.52. The van der Waals surface area contributed by atoms with E-state index in [9.17, 15) is 26.4 Å². The van der Waals surface area contributed by atoms with Crippen LogP contribution in [0.25, 0.3) is 0 Å². The Morgan fingerprint density at radius 3 is 2.71 bits per heavy atom. The van der Waals surface area contributed by atoms with Gasteiger partial charge in [-0.3, -0.25) is 4.79 Å². The molecular weight excluding hydrogens is 329 g/mol. The highest BCUT2D eigenvalue weighted by atomic mass is 32.2. The fourth-order valence-electron chi connectivity index (χ4n) is 1.24. The second-order valence-electron chi connectivity index (χ2n) is 4.14. The number of aromatic nitrogens is 1. The Morgan fingerprint density at radius 2 is 2.14 bits per heavy atom. The van der Waals surface area contributed by atoms with Crippen LogP contribution in [0.1, 0.15) is 21.1 Å². The van der Waals surface area contributed by atoms with Gasteiger partial charge in [0.15, 0.2) is 9.84 Å². The van der Waals surface area contributed by atoms with E-state index >= 15 is 0 Å². The minimum atomic E-state index is -4.26. The lowest BCUT2D eigenvalue weighted by Gasteiger charge is -2.02. The Kier molecular flexibility index (Phi) is 5.90. The molecule has 118 valence electrons. The van der Waals surface area contributed by atoms with E-state index in [2.05, 4.69) is 10.3 Å². The lowest BCUT2D eigenvalue weighted by Crippen LogP contribution is -2.22. The number of thiazole rings is 1. The van der Waals surface area contributed by atoms with Crippen molar-refractivity contribution in [3.05, 3.63) is 27.6 Å². The molecule has 0 fully saturated rings. The Balaban J connectivity index is 2.49. The first kappa shape index (κ1) is 17.6. The van der Waals surface area contributed by atoms with Crippen molar-refractivity contribution in [1.82, 2.24) is 10.3 Å². The van der Waals surface area contributed by atoms with Crippen LogP contribution in [0, 0.1) is 0 Å². The summed E-state index contributed by atoms with van der Waals surface area (Å²) >= 11 is 0.880. The Bertz CT molecular complexity index is 621. The van der Waals surface area contributed by atoms with Crippen molar-refractivity contribution in [2.45, 2.75) is 19.0 Å². The minimum absolute atomic E-state index is 0.00167. The van der Waals surface area contributed by atoms with Gasteiger partial charge >= 0.3 is 6.18 Å². The number of halogens is 3. The van der Waals surface area contributed by atoms with Gasteiger partial charge in [0.2, 0.25) is 0 Å². The number of rotatable bonds is 6. The van der Waals surface area contributed by atoms with E-state index in [1.807, 2.05) is 0 Å². The Hall–Kier alpha value is -1.42. The van der Waals surface area contributed by atoms with Crippen LogP contribution in [-0.4, -0.2) is 38.3 Å². The molecular formula is C11H13F3N2O3S2. The first-order valence-electron chi connectivity index (χ1n) is 5.73. The molecule has 1 aromatic rings. The third kappa shape index (κ3) is 7.81. The molecule has 1 aromatic heterocycles. The number of aryl methyl sites for hydroxylation is 1. The van der Waals surface area contributed by atoms with Crippen molar-refractivity contribution in [2.24, 2.45) is 0 Å². The van der Waals surface area contributed by atoms with Crippen LogP contribution >= 0.6 is 11.3 Å². The maximum Gasteiger partial charge on any atom is 0.389 e. The summed E-state index contributed by atoms with van der Waals surface area (Å²) in [4.78, 5) is 15.6. The molecule has 0 spiro atoms. The van der Waals surface area contributed by atoms with Gasteiger partial charge in [0.1, 0.15) is 4.88 Å². The highest BCUT2D eigenvalue weighted by Crippen LogP contribution is 2.23. The molecule has 0 unspecified atom stereocenters. The maximum absolute atomic E-state index is 12.0. The highest BCUT2D eigenvalue weighted by Gasteiger charge is 2.27. The summed E-state index contributed by atoms with van der Waals surface area (Å²) in [5.41, 5.74) is 0. The van der Waals surface area contributed by atoms with E-state index in [0.29, 0.717) is 0 Å². The average Bonchev–Trinajstić information content (AvgIpc) is 2.78. The molecule has 0 aromatic carbocycles. The summed E-state index contributed by atoms with van der Waals surface area (Å²) in [6.45, 7) is 0.00167. The van der Waals surface area contributed by atoms with Crippen LogP contribution in [-0.2, 0) is 16.3 Å². The zero-order valence-corrected chi connectivity index (χ0v) is 12.6. The van der Waals surface area contributed by atoms with Crippen LogP contribution in [0.4, 0.5) is 13.2 Å². The lowest BCUT2D eigenvalue weighted by atomic mass is 10.3. The molecule has 0 aliphatic carbocycles. The van der Waals surface area contributed by atoms with Crippen LogP contribution in [0.5, 0.6) is 0 Å². The number of hydrogen-bond donors (Lipinski definition) is 1.